The molecule has 336 valence electrons. The zero-order valence-corrected chi connectivity index (χ0v) is 33.0. The molecule has 1 aromatic carbocycles. The summed E-state index contributed by atoms with van der Waals surface area (Å²) in [6, 6.07) is 7.24. The molecule has 2 fully saturated rings. The highest BCUT2D eigenvalue weighted by atomic mass is 35.5. The topological polar surface area (TPSA) is 217 Å². The van der Waals surface area contributed by atoms with E-state index in [2.05, 4.69) is 26.8 Å². The number of piperidine rings is 1. The number of carbonyl (C=O) groups is 4. The number of benzene rings is 1. The number of amides is 1. The van der Waals surface area contributed by atoms with Gasteiger partial charge in [0.1, 0.15) is 11.5 Å². The Morgan fingerprint density at radius 1 is 0.817 bits per heavy atom. The van der Waals surface area contributed by atoms with Crippen molar-refractivity contribution >= 4 is 45.3 Å². The molecule has 2 aliphatic rings. The molecule has 27 heteroatoms. The number of aliphatic carboxylic acids is 3. The molecule has 0 bridgehead atoms. The van der Waals surface area contributed by atoms with Crippen LogP contribution >= 0.6 is 11.6 Å². The van der Waals surface area contributed by atoms with Crippen LogP contribution in [-0.4, -0.2) is 154 Å². The normalized spacial score (nSPS) is 15.7. The minimum atomic E-state index is -5.08. The summed E-state index contributed by atoms with van der Waals surface area (Å²) in [7, 11) is -1.42. The lowest BCUT2D eigenvalue weighted by Gasteiger charge is -2.38. The number of oxazole rings is 1. The van der Waals surface area contributed by atoms with Crippen molar-refractivity contribution in [1.29, 1.82) is 0 Å². The van der Waals surface area contributed by atoms with Crippen LogP contribution in [0.1, 0.15) is 25.0 Å². The predicted octanol–water partition coefficient (Wildman–Crippen LogP) is 4.90. The summed E-state index contributed by atoms with van der Waals surface area (Å²) in [5, 5.41) is 21.8. The van der Waals surface area contributed by atoms with E-state index in [-0.39, 0.29) is 23.5 Å². The third-order valence-electron chi connectivity index (χ3n) is 8.32. The molecule has 1 amide bonds. The number of hydrogen-bond donors (Lipinski definition) is 3. The summed E-state index contributed by atoms with van der Waals surface area (Å²) in [6.07, 6.45) is -8.19. The van der Waals surface area contributed by atoms with Crippen LogP contribution in [0, 0.1) is 5.92 Å². The van der Waals surface area contributed by atoms with Crippen LogP contribution in [0.4, 0.5) is 39.5 Å². The molecule has 60 heavy (non-hydrogen) atoms. The van der Waals surface area contributed by atoms with Crippen LogP contribution in [-0.2, 0) is 35.4 Å². The number of alkyl halides is 9. The lowest BCUT2D eigenvalue weighted by molar-refractivity contribution is -0.193. The molecule has 0 radical (unpaired) electrons. The van der Waals surface area contributed by atoms with Gasteiger partial charge in [-0.15, -0.1) is 0 Å². The molecular weight excluding hydrogens is 879 g/mol. The minimum Gasteiger partial charge on any atom is -0.475 e. The largest absolute Gasteiger partial charge is 0.490 e. The fraction of sp³-hybridized carbons (Fsp3) is 0.515. The minimum absolute atomic E-state index is 0.0772. The first kappa shape index (κ1) is 51.2. The summed E-state index contributed by atoms with van der Waals surface area (Å²) in [6.45, 7) is 6.70. The van der Waals surface area contributed by atoms with Crippen LogP contribution in [0.3, 0.4) is 0 Å². The number of likely N-dealkylation sites (tertiary alicyclic amines) is 1. The molecule has 2 aromatic heterocycles. The van der Waals surface area contributed by atoms with Crippen molar-refractivity contribution in [2.45, 2.75) is 49.4 Å². The smallest absolute Gasteiger partial charge is 0.475 e. The molecule has 0 spiro atoms. The second-order valence-electron chi connectivity index (χ2n) is 13.0. The Morgan fingerprint density at radius 3 is 1.72 bits per heavy atom. The second-order valence-corrected chi connectivity index (χ2v) is 15.3. The van der Waals surface area contributed by atoms with Gasteiger partial charge in [-0.25, -0.2) is 32.4 Å². The number of carbonyl (C=O) groups excluding carboxylic acids is 1. The molecule has 0 aliphatic carbocycles. The zero-order valence-electron chi connectivity index (χ0n) is 31.4. The van der Waals surface area contributed by atoms with E-state index in [4.69, 9.17) is 45.7 Å². The van der Waals surface area contributed by atoms with Crippen LogP contribution in [0.15, 0.2) is 46.2 Å². The van der Waals surface area contributed by atoms with Crippen molar-refractivity contribution < 1.29 is 86.8 Å². The van der Waals surface area contributed by atoms with E-state index < -0.39 is 46.3 Å². The average Bonchev–Trinajstić information content (AvgIpc) is 3.80. The summed E-state index contributed by atoms with van der Waals surface area (Å²) >= 11 is 6.08. The summed E-state index contributed by atoms with van der Waals surface area (Å²) < 4.78 is 127. The summed E-state index contributed by atoms with van der Waals surface area (Å²) in [5.74, 6) is -6.94. The highest BCUT2D eigenvalue weighted by Gasteiger charge is 2.39. The van der Waals surface area contributed by atoms with Crippen molar-refractivity contribution in [1.82, 2.24) is 29.2 Å². The summed E-state index contributed by atoms with van der Waals surface area (Å²) in [4.78, 5) is 55.2. The maximum atomic E-state index is 13.1. The Hall–Kier alpha value is -4.95. The number of carboxylic acids is 3. The van der Waals surface area contributed by atoms with Gasteiger partial charge >= 0.3 is 42.5 Å². The zero-order chi connectivity index (χ0) is 45.8. The molecule has 16 nitrogen and oxygen atoms in total. The number of piperazine rings is 1. The first-order chi connectivity index (χ1) is 27.5. The van der Waals surface area contributed by atoms with E-state index in [1.54, 1.807) is 12.1 Å². The van der Waals surface area contributed by atoms with Gasteiger partial charge in [-0.2, -0.15) is 44.5 Å². The van der Waals surface area contributed by atoms with Gasteiger partial charge < -0.3 is 29.5 Å². The van der Waals surface area contributed by atoms with Gasteiger partial charge in [0.15, 0.2) is 0 Å². The molecule has 2 saturated heterocycles. The molecule has 2 aliphatic heterocycles. The van der Waals surface area contributed by atoms with Gasteiger partial charge in [-0.05, 0) is 51.0 Å². The van der Waals surface area contributed by atoms with Crippen molar-refractivity contribution in [3.05, 3.63) is 47.4 Å². The van der Waals surface area contributed by atoms with Crippen molar-refractivity contribution in [3.8, 4) is 17.3 Å². The van der Waals surface area contributed by atoms with E-state index in [0.717, 1.165) is 50.5 Å². The molecule has 0 atom stereocenters. The molecule has 5 rings (SSSR count). The molecule has 4 heterocycles. The molecule has 3 N–H and O–H groups in total. The van der Waals surface area contributed by atoms with Gasteiger partial charge in [0, 0.05) is 74.8 Å². The lowest BCUT2D eigenvalue weighted by atomic mass is 9.96. The number of halogens is 10. The quantitative estimate of drug-likeness (QED) is 0.256. The number of aromatic nitrogens is 3. The monoisotopic (exact) mass is 916 g/mol. The van der Waals surface area contributed by atoms with Gasteiger partial charge in [0.2, 0.25) is 20.9 Å². The van der Waals surface area contributed by atoms with Gasteiger partial charge in [0.25, 0.3) is 0 Å². The van der Waals surface area contributed by atoms with E-state index in [9.17, 15) is 52.7 Å². The molecular formula is C33H38ClF9N6O10S. The van der Waals surface area contributed by atoms with Crippen LogP contribution in [0.25, 0.3) is 17.3 Å². The number of sulfone groups is 1. The van der Waals surface area contributed by atoms with Crippen LogP contribution < -0.4 is 0 Å². The third kappa shape index (κ3) is 17.0. The highest BCUT2D eigenvalue weighted by molar-refractivity contribution is 7.90. The Bertz CT molecular complexity index is 1950. The van der Waals surface area contributed by atoms with Crippen molar-refractivity contribution in [2.24, 2.45) is 5.92 Å². The van der Waals surface area contributed by atoms with E-state index >= 15 is 0 Å². The maximum Gasteiger partial charge on any atom is 0.490 e. The fourth-order valence-corrected chi connectivity index (χ4v) is 6.20. The van der Waals surface area contributed by atoms with Crippen molar-refractivity contribution in [3.63, 3.8) is 0 Å². The van der Waals surface area contributed by atoms with Gasteiger partial charge in [-0.3, -0.25) is 9.69 Å². The average molecular weight is 917 g/mol. The van der Waals surface area contributed by atoms with E-state index in [1.165, 1.54) is 42.9 Å². The number of carboxylic acid groups (broad SMARTS) is 3. The highest BCUT2D eigenvalue weighted by Crippen LogP contribution is 2.29. The summed E-state index contributed by atoms with van der Waals surface area (Å²) in [5.41, 5.74) is 1.31. The first-order valence-corrected chi connectivity index (χ1v) is 19.4. The van der Waals surface area contributed by atoms with Crippen LogP contribution in [0.2, 0.25) is 5.02 Å². The Morgan fingerprint density at radius 2 is 1.28 bits per heavy atom. The number of imidazole rings is 1. The van der Waals surface area contributed by atoms with Crippen molar-refractivity contribution in [2.75, 3.05) is 59.1 Å². The third-order valence-corrected chi connectivity index (χ3v) is 9.54. The SMILES string of the molecule is CN1CCC(CN2CCN(C(=O)CCc3oc(-n4ccnc4S(C)(=O)=O)nc3-c3ccc(Cl)cc3)CC2)CC1.O=C(O)C(F)(F)F.O=C(O)C(F)(F)F.O=C(O)C(F)(F)F. The lowest BCUT2D eigenvalue weighted by Crippen LogP contribution is -2.50. The molecule has 0 saturated carbocycles. The molecule has 3 aromatic rings. The number of nitrogens with zero attached hydrogens (tertiary/aromatic N) is 6. The Labute approximate surface area is 340 Å². The predicted molar refractivity (Wildman–Crippen MR) is 190 cm³/mol. The number of hydrogen-bond acceptors (Lipinski definition) is 11. The maximum absolute atomic E-state index is 13.1. The first-order valence-electron chi connectivity index (χ1n) is 17.1. The number of aryl methyl sites for hydroxylation is 1. The fourth-order valence-electron chi connectivity index (χ4n) is 5.32. The standard InChI is InChI=1S/C27H35ClN6O4S.3C2HF3O2/c1-31-12-9-20(10-13-31)19-32-15-17-33(18-16-32)24(35)8-7-23-25(21-3-5-22(28)6-4-21)30-26(38-23)34-14-11-29-27(34)39(2,36)37;3*3-2(4,5)1(6)7/h3-6,11,14,20H,7-10,12-13,15-19H2,1-2H3;3*(H,6,7). The van der Waals surface area contributed by atoms with Crippen LogP contribution in [0.5, 0.6) is 0 Å². The number of rotatable bonds is 8. The Balaban J connectivity index is 0.000000485. The van der Waals surface area contributed by atoms with Gasteiger partial charge in [0.05, 0.1) is 0 Å². The van der Waals surface area contributed by atoms with E-state index in [1.807, 2.05) is 17.0 Å². The molecule has 0 unspecified atom stereocenters. The van der Waals surface area contributed by atoms with E-state index in [0.29, 0.717) is 22.9 Å². The Kier molecular flexibility index (Phi) is 18.4. The second kappa shape index (κ2) is 21.5. The van der Waals surface area contributed by atoms with Gasteiger partial charge in [-0.1, -0.05) is 23.7 Å².